The Bertz CT molecular complexity index is 600. The van der Waals surface area contributed by atoms with Gasteiger partial charge < -0.3 is 20.1 Å². The summed E-state index contributed by atoms with van der Waals surface area (Å²) in [5.41, 5.74) is 0.963. The largest absolute Gasteiger partial charge is 0.497 e. The van der Waals surface area contributed by atoms with Crippen molar-refractivity contribution in [2.45, 2.75) is 6.54 Å². The molecule has 122 valence electrons. The van der Waals surface area contributed by atoms with Crippen LogP contribution in [0.5, 0.6) is 11.5 Å². The number of methoxy groups -OCH3 is 1. The molecule has 6 heteroatoms. The van der Waals surface area contributed by atoms with Gasteiger partial charge in [0.1, 0.15) is 18.1 Å². The molecule has 1 heterocycles. The normalized spacial score (nSPS) is 11.0. The number of nitrogens with one attached hydrogen (secondary N) is 2. The van der Waals surface area contributed by atoms with Crippen LogP contribution in [0.2, 0.25) is 0 Å². The maximum absolute atomic E-state index is 5.65. The predicted octanol–water partition coefficient (Wildman–Crippen LogP) is 1.83. The second-order valence-electron chi connectivity index (χ2n) is 4.70. The summed E-state index contributed by atoms with van der Waals surface area (Å²) >= 11 is 0. The summed E-state index contributed by atoms with van der Waals surface area (Å²) in [5.74, 6) is 2.34. The van der Waals surface area contributed by atoms with Gasteiger partial charge in [0.15, 0.2) is 5.96 Å². The van der Waals surface area contributed by atoms with Crippen LogP contribution in [0.3, 0.4) is 0 Å². The summed E-state index contributed by atoms with van der Waals surface area (Å²) in [6, 6.07) is 13.3. The maximum atomic E-state index is 5.65. The molecule has 0 saturated carbocycles. The second kappa shape index (κ2) is 9.30. The molecule has 2 aromatic rings. The van der Waals surface area contributed by atoms with Crippen LogP contribution in [0, 0.1) is 0 Å². The first-order valence-corrected chi connectivity index (χ1v) is 7.43. The highest BCUT2D eigenvalue weighted by molar-refractivity contribution is 5.79. The number of guanidine groups is 1. The minimum Gasteiger partial charge on any atom is -0.497 e. The third-order valence-electron chi connectivity index (χ3n) is 3.11. The van der Waals surface area contributed by atoms with E-state index >= 15 is 0 Å². The maximum Gasteiger partial charge on any atom is 0.191 e. The number of aliphatic imine (C=N–C) groups is 1. The Labute approximate surface area is 136 Å². The zero-order valence-corrected chi connectivity index (χ0v) is 13.5. The predicted molar refractivity (Wildman–Crippen MR) is 90.9 cm³/mol. The van der Waals surface area contributed by atoms with Crippen LogP contribution in [-0.2, 0) is 6.54 Å². The van der Waals surface area contributed by atoms with Crippen molar-refractivity contribution in [2.75, 3.05) is 27.3 Å². The fourth-order valence-corrected chi connectivity index (χ4v) is 1.91. The van der Waals surface area contributed by atoms with Gasteiger partial charge in [0.2, 0.25) is 0 Å². The van der Waals surface area contributed by atoms with E-state index in [1.165, 1.54) is 0 Å². The van der Waals surface area contributed by atoms with Gasteiger partial charge in [-0.05, 0) is 36.4 Å². The smallest absolute Gasteiger partial charge is 0.191 e. The van der Waals surface area contributed by atoms with E-state index in [4.69, 9.17) is 9.47 Å². The Hall–Kier alpha value is -2.76. The topological polar surface area (TPSA) is 67.8 Å². The molecule has 0 aliphatic rings. The van der Waals surface area contributed by atoms with Crippen molar-refractivity contribution >= 4 is 5.96 Å². The third-order valence-corrected chi connectivity index (χ3v) is 3.11. The van der Waals surface area contributed by atoms with Gasteiger partial charge >= 0.3 is 0 Å². The van der Waals surface area contributed by atoms with Crippen molar-refractivity contribution in [3.63, 3.8) is 0 Å². The fraction of sp³-hybridized carbons (Fsp3) is 0.294. The fourth-order valence-electron chi connectivity index (χ4n) is 1.91. The van der Waals surface area contributed by atoms with Crippen molar-refractivity contribution in [1.29, 1.82) is 0 Å². The number of rotatable bonds is 7. The summed E-state index contributed by atoms with van der Waals surface area (Å²) < 4.78 is 10.8. The van der Waals surface area contributed by atoms with Crippen LogP contribution >= 0.6 is 0 Å². The lowest BCUT2D eigenvalue weighted by molar-refractivity contribution is 0.321. The summed E-state index contributed by atoms with van der Waals surface area (Å²) in [4.78, 5) is 8.42. The van der Waals surface area contributed by atoms with Gasteiger partial charge in [-0.1, -0.05) is 6.07 Å². The van der Waals surface area contributed by atoms with Gasteiger partial charge in [0.05, 0.1) is 25.9 Å². The molecule has 0 aliphatic heterocycles. The quantitative estimate of drug-likeness (QED) is 0.464. The SMILES string of the molecule is CN=C(NCCOc1ccc(OC)cc1)NCc1ccccn1. The number of ether oxygens (including phenoxy) is 2. The lowest BCUT2D eigenvalue weighted by Gasteiger charge is -2.12. The number of hydrogen-bond acceptors (Lipinski definition) is 4. The monoisotopic (exact) mass is 314 g/mol. The highest BCUT2D eigenvalue weighted by atomic mass is 16.5. The first kappa shape index (κ1) is 16.6. The molecule has 0 atom stereocenters. The van der Waals surface area contributed by atoms with E-state index in [9.17, 15) is 0 Å². The lowest BCUT2D eigenvalue weighted by Crippen LogP contribution is -2.39. The molecule has 0 aliphatic carbocycles. The van der Waals surface area contributed by atoms with Crippen molar-refractivity contribution in [1.82, 2.24) is 15.6 Å². The molecule has 23 heavy (non-hydrogen) atoms. The number of aromatic nitrogens is 1. The molecular formula is C17H22N4O2. The molecular weight excluding hydrogens is 292 g/mol. The van der Waals surface area contributed by atoms with E-state index < -0.39 is 0 Å². The summed E-state index contributed by atoms with van der Waals surface area (Å²) in [6.07, 6.45) is 1.77. The Balaban J connectivity index is 1.67. The van der Waals surface area contributed by atoms with Gasteiger partial charge in [-0.15, -0.1) is 0 Å². The molecule has 6 nitrogen and oxygen atoms in total. The first-order chi connectivity index (χ1) is 11.3. The highest BCUT2D eigenvalue weighted by Crippen LogP contribution is 2.16. The minimum absolute atomic E-state index is 0.538. The van der Waals surface area contributed by atoms with E-state index in [-0.39, 0.29) is 0 Å². The van der Waals surface area contributed by atoms with Crippen LogP contribution < -0.4 is 20.1 Å². The molecule has 2 N–H and O–H groups in total. The molecule has 0 radical (unpaired) electrons. The van der Waals surface area contributed by atoms with Crippen LogP contribution in [-0.4, -0.2) is 38.3 Å². The Kier molecular flexibility index (Phi) is 6.71. The van der Waals surface area contributed by atoms with E-state index in [0.717, 1.165) is 17.2 Å². The summed E-state index contributed by atoms with van der Waals surface area (Å²) in [7, 11) is 3.38. The number of benzene rings is 1. The second-order valence-corrected chi connectivity index (χ2v) is 4.70. The molecule has 0 amide bonds. The van der Waals surface area contributed by atoms with E-state index in [0.29, 0.717) is 25.7 Å². The standard InChI is InChI=1S/C17H22N4O2/c1-18-17(21-13-14-5-3-4-10-19-14)20-11-12-23-16-8-6-15(22-2)7-9-16/h3-10H,11-13H2,1-2H3,(H2,18,20,21). The molecule has 0 bridgehead atoms. The van der Waals surface area contributed by atoms with Crippen molar-refractivity contribution < 1.29 is 9.47 Å². The van der Waals surface area contributed by atoms with E-state index in [1.807, 2.05) is 42.5 Å². The molecule has 0 saturated heterocycles. The molecule has 0 fully saturated rings. The van der Waals surface area contributed by atoms with Gasteiger partial charge in [0, 0.05) is 13.2 Å². The van der Waals surface area contributed by atoms with Crippen LogP contribution in [0.15, 0.2) is 53.7 Å². The van der Waals surface area contributed by atoms with E-state index in [1.54, 1.807) is 20.4 Å². The van der Waals surface area contributed by atoms with Gasteiger partial charge in [-0.25, -0.2) is 0 Å². The van der Waals surface area contributed by atoms with Gasteiger partial charge in [-0.2, -0.15) is 0 Å². The minimum atomic E-state index is 0.538. The Morgan fingerprint density at radius 3 is 2.52 bits per heavy atom. The average molecular weight is 314 g/mol. The zero-order chi connectivity index (χ0) is 16.3. The number of hydrogen-bond donors (Lipinski definition) is 2. The summed E-state index contributed by atoms with van der Waals surface area (Å²) in [6.45, 7) is 1.81. The first-order valence-electron chi connectivity index (χ1n) is 7.43. The Morgan fingerprint density at radius 1 is 1.09 bits per heavy atom. The third kappa shape index (κ3) is 5.86. The molecule has 1 aromatic carbocycles. The van der Waals surface area contributed by atoms with E-state index in [2.05, 4.69) is 20.6 Å². The van der Waals surface area contributed by atoms with Gasteiger partial charge in [0.25, 0.3) is 0 Å². The van der Waals surface area contributed by atoms with Crippen molar-refractivity contribution in [3.8, 4) is 11.5 Å². The average Bonchev–Trinajstić information content (AvgIpc) is 2.62. The molecule has 0 unspecified atom stereocenters. The number of nitrogens with zero attached hydrogens (tertiary/aromatic N) is 2. The van der Waals surface area contributed by atoms with Crippen LogP contribution in [0.25, 0.3) is 0 Å². The molecule has 0 spiro atoms. The van der Waals surface area contributed by atoms with Crippen molar-refractivity contribution in [2.24, 2.45) is 4.99 Å². The summed E-state index contributed by atoms with van der Waals surface area (Å²) in [5, 5.41) is 6.40. The van der Waals surface area contributed by atoms with Gasteiger partial charge in [-0.3, -0.25) is 9.98 Å². The van der Waals surface area contributed by atoms with Crippen molar-refractivity contribution in [3.05, 3.63) is 54.4 Å². The van der Waals surface area contributed by atoms with Crippen LogP contribution in [0.4, 0.5) is 0 Å². The number of pyridine rings is 1. The highest BCUT2D eigenvalue weighted by Gasteiger charge is 1.99. The molecule has 2 rings (SSSR count). The molecule has 1 aromatic heterocycles. The van der Waals surface area contributed by atoms with Crippen LogP contribution in [0.1, 0.15) is 5.69 Å². The Morgan fingerprint density at radius 2 is 1.87 bits per heavy atom. The lowest BCUT2D eigenvalue weighted by atomic mass is 10.3. The zero-order valence-electron chi connectivity index (χ0n) is 13.5.